The van der Waals surface area contributed by atoms with E-state index in [9.17, 15) is 4.79 Å². The first-order valence-electron chi connectivity index (χ1n) is 6.84. The minimum Gasteiger partial charge on any atom is -0.450 e. The van der Waals surface area contributed by atoms with E-state index < -0.39 is 0 Å². The zero-order valence-corrected chi connectivity index (χ0v) is 12.0. The normalized spacial score (nSPS) is 24.5. The minimum absolute atomic E-state index is 0.00185. The first-order chi connectivity index (χ1) is 9.72. The van der Waals surface area contributed by atoms with Gasteiger partial charge < -0.3 is 4.74 Å². The van der Waals surface area contributed by atoms with Crippen LogP contribution in [0.2, 0.25) is 5.15 Å². The summed E-state index contributed by atoms with van der Waals surface area (Å²) in [5, 5.41) is 0.382. The van der Waals surface area contributed by atoms with Gasteiger partial charge in [0.2, 0.25) is 0 Å². The molecule has 5 nitrogen and oxygen atoms in total. The number of fused-ring (bicyclic) bond motifs is 2. The van der Waals surface area contributed by atoms with Crippen molar-refractivity contribution in [1.82, 2.24) is 14.9 Å². The van der Waals surface area contributed by atoms with E-state index in [1.807, 2.05) is 11.8 Å². The largest absolute Gasteiger partial charge is 0.450 e. The molecule has 0 aromatic carbocycles. The van der Waals surface area contributed by atoms with Crippen LogP contribution in [0.5, 0.6) is 0 Å². The number of carbonyl (C=O) groups is 1. The highest BCUT2D eigenvalue weighted by Gasteiger charge is 2.43. The number of rotatable bonds is 2. The molecule has 2 aliphatic heterocycles. The summed E-state index contributed by atoms with van der Waals surface area (Å²) in [6.07, 6.45) is 7.80. The molecule has 1 aromatic rings. The predicted molar refractivity (Wildman–Crippen MR) is 75.3 cm³/mol. The third-order valence-corrected chi connectivity index (χ3v) is 4.15. The summed E-state index contributed by atoms with van der Waals surface area (Å²) in [6.45, 7) is 2.21. The van der Waals surface area contributed by atoms with Crippen molar-refractivity contribution < 1.29 is 9.53 Å². The molecule has 106 valence electrons. The fourth-order valence-electron chi connectivity index (χ4n) is 3.06. The maximum absolute atomic E-state index is 12.1. The second-order valence-corrected chi connectivity index (χ2v) is 5.30. The third kappa shape index (κ3) is 2.16. The van der Waals surface area contributed by atoms with Crippen LogP contribution in [0.3, 0.4) is 0 Å². The second kappa shape index (κ2) is 5.40. The first kappa shape index (κ1) is 13.4. The maximum atomic E-state index is 12.1. The highest BCUT2D eigenvalue weighted by molar-refractivity contribution is 6.31. The zero-order valence-electron chi connectivity index (χ0n) is 11.3. The topological polar surface area (TPSA) is 55.3 Å². The summed E-state index contributed by atoms with van der Waals surface area (Å²) in [5.74, 6) is 0. The van der Waals surface area contributed by atoms with Crippen LogP contribution in [0.1, 0.15) is 31.9 Å². The molecular formula is C14H16ClN3O2. The smallest absolute Gasteiger partial charge is 0.410 e. The molecule has 1 amide bonds. The maximum Gasteiger partial charge on any atom is 0.410 e. The van der Waals surface area contributed by atoms with E-state index in [1.54, 1.807) is 12.4 Å². The number of hydrogen-bond donors (Lipinski definition) is 0. The molecule has 0 spiro atoms. The predicted octanol–water partition coefficient (Wildman–Crippen LogP) is 2.91. The van der Waals surface area contributed by atoms with Crippen molar-refractivity contribution in [1.29, 1.82) is 0 Å². The molecule has 0 N–H and O–H groups in total. The summed E-state index contributed by atoms with van der Waals surface area (Å²) in [5.41, 5.74) is 1.67. The Balaban J connectivity index is 1.93. The summed E-state index contributed by atoms with van der Waals surface area (Å²) in [4.78, 5) is 22.4. The highest BCUT2D eigenvalue weighted by atomic mass is 35.5. The zero-order chi connectivity index (χ0) is 14.1. The van der Waals surface area contributed by atoms with Crippen molar-refractivity contribution in [3.8, 4) is 0 Å². The van der Waals surface area contributed by atoms with E-state index >= 15 is 0 Å². The van der Waals surface area contributed by atoms with Crippen molar-refractivity contribution in [2.75, 3.05) is 6.61 Å². The average molecular weight is 294 g/mol. The Kier molecular flexibility index (Phi) is 3.61. The van der Waals surface area contributed by atoms with Crippen LogP contribution in [0.4, 0.5) is 4.79 Å². The van der Waals surface area contributed by atoms with Crippen LogP contribution in [-0.4, -0.2) is 39.7 Å². The molecule has 2 aliphatic rings. The Hall–Kier alpha value is -1.62. The molecule has 20 heavy (non-hydrogen) atoms. The Labute approximate surface area is 122 Å². The minimum atomic E-state index is -0.245. The van der Waals surface area contributed by atoms with E-state index in [1.165, 1.54) is 0 Å². The number of hydrogen-bond acceptors (Lipinski definition) is 4. The lowest BCUT2D eigenvalue weighted by molar-refractivity contribution is 0.0940. The molecule has 1 aromatic heterocycles. The molecule has 0 radical (unpaired) electrons. The Morgan fingerprint density at radius 2 is 2.25 bits per heavy atom. The molecular weight excluding hydrogens is 278 g/mol. The van der Waals surface area contributed by atoms with Gasteiger partial charge in [-0.1, -0.05) is 17.7 Å². The summed E-state index contributed by atoms with van der Waals surface area (Å²) in [6, 6.07) is 0.236. The second-order valence-electron chi connectivity index (χ2n) is 4.94. The van der Waals surface area contributed by atoms with Gasteiger partial charge in [0.15, 0.2) is 5.15 Å². The molecule has 1 saturated heterocycles. The molecule has 6 heteroatoms. The van der Waals surface area contributed by atoms with Crippen molar-refractivity contribution >= 4 is 23.3 Å². The Morgan fingerprint density at radius 1 is 1.45 bits per heavy atom. The van der Waals surface area contributed by atoms with Gasteiger partial charge in [-0.3, -0.25) is 9.88 Å². The Bertz CT molecular complexity index is 561. The van der Waals surface area contributed by atoms with Crippen LogP contribution in [0, 0.1) is 0 Å². The van der Waals surface area contributed by atoms with E-state index in [4.69, 9.17) is 16.3 Å². The van der Waals surface area contributed by atoms with Crippen molar-refractivity contribution in [2.24, 2.45) is 0 Å². The van der Waals surface area contributed by atoms with Crippen LogP contribution in [-0.2, 0) is 4.74 Å². The van der Waals surface area contributed by atoms with Crippen molar-refractivity contribution in [2.45, 2.75) is 38.3 Å². The number of aromatic nitrogens is 2. The first-order valence-corrected chi connectivity index (χ1v) is 7.22. The van der Waals surface area contributed by atoms with Gasteiger partial charge in [0.05, 0.1) is 12.6 Å². The van der Waals surface area contributed by atoms with E-state index in [2.05, 4.69) is 16.0 Å². The third-order valence-electron chi connectivity index (χ3n) is 3.88. The number of nitrogens with zero attached hydrogens (tertiary/aromatic N) is 3. The fraction of sp³-hybridized carbons (Fsp3) is 0.500. The van der Waals surface area contributed by atoms with Crippen molar-refractivity contribution in [3.63, 3.8) is 0 Å². The quantitative estimate of drug-likeness (QED) is 0.841. The van der Waals surface area contributed by atoms with Gasteiger partial charge in [0.25, 0.3) is 0 Å². The van der Waals surface area contributed by atoms with Gasteiger partial charge in [-0.15, -0.1) is 0 Å². The van der Waals surface area contributed by atoms with Gasteiger partial charge in [-0.2, -0.15) is 0 Å². The molecule has 3 rings (SSSR count). The van der Waals surface area contributed by atoms with Crippen LogP contribution < -0.4 is 0 Å². The summed E-state index contributed by atoms with van der Waals surface area (Å²) in [7, 11) is 0. The monoisotopic (exact) mass is 293 g/mol. The lowest BCUT2D eigenvalue weighted by Crippen LogP contribution is -2.44. The lowest BCUT2D eigenvalue weighted by atomic mass is 9.99. The van der Waals surface area contributed by atoms with Crippen molar-refractivity contribution in [3.05, 3.63) is 29.3 Å². The summed E-state index contributed by atoms with van der Waals surface area (Å²) < 4.78 is 5.17. The number of halogens is 1. The summed E-state index contributed by atoms with van der Waals surface area (Å²) >= 11 is 6.13. The molecule has 0 unspecified atom stereocenters. The average Bonchev–Trinajstić information content (AvgIpc) is 2.75. The van der Waals surface area contributed by atoms with Crippen LogP contribution in [0.25, 0.3) is 5.57 Å². The molecule has 3 heterocycles. The molecule has 2 atom stereocenters. The van der Waals surface area contributed by atoms with Gasteiger partial charge >= 0.3 is 6.09 Å². The molecule has 0 aliphatic carbocycles. The van der Waals surface area contributed by atoms with Gasteiger partial charge in [-0.05, 0) is 31.8 Å². The lowest BCUT2D eigenvalue weighted by Gasteiger charge is -2.34. The van der Waals surface area contributed by atoms with Gasteiger partial charge in [0, 0.05) is 18.4 Å². The number of ether oxygens (including phenoxy) is 1. The Morgan fingerprint density at radius 3 is 3.00 bits per heavy atom. The molecule has 2 bridgehead atoms. The van der Waals surface area contributed by atoms with Crippen LogP contribution in [0.15, 0.2) is 18.5 Å². The molecule has 1 fully saturated rings. The van der Waals surface area contributed by atoms with Crippen LogP contribution >= 0.6 is 11.6 Å². The highest BCUT2D eigenvalue weighted by Crippen LogP contribution is 2.40. The SMILES string of the molecule is CCOC(=O)N1[C@@H]2CC=C(c3nccnc3Cl)[C@H]1CC2. The number of amides is 1. The molecule has 0 saturated carbocycles. The van der Waals surface area contributed by atoms with Gasteiger partial charge in [-0.25, -0.2) is 9.78 Å². The number of carbonyl (C=O) groups excluding carboxylic acids is 1. The fourth-order valence-corrected chi connectivity index (χ4v) is 3.28. The standard InChI is InChI=1S/C14H16ClN3O2/c1-2-20-14(19)18-9-3-5-10(11(18)6-4-9)12-13(15)17-8-7-16-12/h5,7-9,11H,2-4,6H2,1H3/t9-,11-/m1/s1. The van der Waals surface area contributed by atoms with E-state index in [-0.39, 0.29) is 18.2 Å². The van der Waals surface area contributed by atoms with E-state index in [0.29, 0.717) is 17.5 Å². The van der Waals surface area contributed by atoms with E-state index in [0.717, 1.165) is 24.8 Å². The van der Waals surface area contributed by atoms with Gasteiger partial charge in [0.1, 0.15) is 5.69 Å².